The van der Waals surface area contributed by atoms with Crippen molar-refractivity contribution in [3.63, 3.8) is 0 Å². The van der Waals surface area contributed by atoms with Crippen LogP contribution in [-0.4, -0.2) is 20.8 Å². The number of rotatable bonds is 6. The molecule has 7 heteroatoms. The van der Waals surface area contributed by atoms with Gasteiger partial charge in [0.15, 0.2) is 5.16 Å². The van der Waals surface area contributed by atoms with Gasteiger partial charge in [0.2, 0.25) is 0 Å². The zero-order valence-corrected chi connectivity index (χ0v) is 12.9. The third-order valence-corrected chi connectivity index (χ3v) is 4.72. The molecule has 0 saturated carbocycles. The Bertz CT molecular complexity index is 654. The van der Waals surface area contributed by atoms with Crippen LogP contribution >= 0.6 is 11.8 Å². The number of hydrogen-bond acceptors (Lipinski definition) is 4. The molecule has 114 valence electrons. The van der Waals surface area contributed by atoms with Gasteiger partial charge in [0.25, 0.3) is 0 Å². The Labute approximate surface area is 126 Å². The second-order valence-corrected chi connectivity index (χ2v) is 5.80. The molecule has 5 nitrogen and oxygen atoms in total. The minimum absolute atomic E-state index is 0.232. The lowest BCUT2D eigenvalue weighted by molar-refractivity contribution is 0.570. The van der Waals surface area contributed by atoms with Crippen molar-refractivity contribution < 1.29 is 4.39 Å². The summed E-state index contributed by atoms with van der Waals surface area (Å²) in [5, 5.41) is 6.66. The van der Waals surface area contributed by atoms with Crippen molar-refractivity contribution in [3.8, 4) is 0 Å². The van der Waals surface area contributed by atoms with Gasteiger partial charge in [0, 0.05) is 18.2 Å². The van der Waals surface area contributed by atoms with E-state index in [9.17, 15) is 9.18 Å². The van der Waals surface area contributed by atoms with Crippen LogP contribution in [0.15, 0.2) is 34.2 Å². The van der Waals surface area contributed by atoms with E-state index in [1.165, 1.54) is 22.4 Å². The van der Waals surface area contributed by atoms with E-state index in [4.69, 9.17) is 5.73 Å². The lowest BCUT2D eigenvalue weighted by Gasteiger charge is -2.22. The van der Waals surface area contributed by atoms with Crippen LogP contribution in [-0.2, 0) is 6.54 Å². The Morgan fingerprint density at radius 1 is 1.43 bits per heavy atom. The fourth-order valence-electron chi connectivity index (χ4n) is 2.09. The van der Waals surface area contributed by atoms with E-state index in [2.05, 4.69) is 10.2 Å². The van der Waals surface area contributed by atoms with Gasteiger partial charge in [-0.15, -0.1) is 5.10 Å². The van der Waals surface area contributed by atoms with Crippen LogP contribution in [0.5, 0.6) is 0 Å². The second-order valence-electron chi connectivity index (χ2n) is 4.69. The molecule has 0 saturated heterocycles. The van der Waals surface area contributed by atoms with Gasteiger partial charge in [-0.2, -0.15) is 0 Å². The zero-order valence-electron chi connectivity index (χ0n) is 12.0. The summed E-state index contributed by atoms with van der Waals surface area (Å²) in [6, 6.07) is 6.34. The molecule has 3 N–H and O–H groups in total. The number of nitrogens with one attached hydrogen (secondary N) is 1. The third-order valence-electron chi connectivity index (χ3n) is 3.34. The number of nitrogens with zero attached hydrogens (tertiary/aromatic N) is 2. The Kier molecular flexibility index (Phi) is 5.19. The molecule has 0 aliphatic heterocycles. The standard InChI is InChI=1S/C14H19FN4OS/c1-3-11(16)12(9-7-5-6-8-10(9)15)21-14-18-17-13(20)19(14)4-2/h5-8,11-12H,3-4,16H2,1-2H3,(H,17,20). The Morgan fingerprint density at radius 2 is 2.14 bits per heavy atom. The molecule has 1 heterocycles. The molecular formula is C14H19FN4OS. The van der Waals surface area contributed by atoms with Crippen molar-refractivity contribution in [2.75, 3.05) is 0 Å². The summed E-state index contributed by atoms with van der Waals surface area (Å²) >= 11 is 1.32. The van der Waals surface area contributed by atoms with E-state index in [1.807, 2.05) is 13.8 Å². The second kappa shape index (κ2) is 6.91. The van der Waals surface area contributed by atoms with Gasteiger partial charge in [-0.25, -0.2) is 14.3 Å². The highest BCUT2D eigenvalue weighted by molar-refractivity contribution is 7.99. The topological polar surface area (TPSA) is 76.7 Å². The van der Waals surface area contributed by atoms with E-state index in [1.54, 1.807) is 18.2 Å². The van der Waals surface area contributed by atoms with E-state index >= 15 is 0 Å². The predicted molar refractivity (Wildman–Crippen MR) is 81.8 cm³/mol. The molecule has 21 heavy (non-hydrogen) atoms. The maximum absolute atomic E-state index is 14.1. The highest BCUT2D eigenvalue weighted by atomic mass is 32.2. The van der Waals surface area contributed by atoms with E-state index in [-0.39, 0.29) is 22.8 Å². The van der Waals surface area contributed by atoms with Crippen LogP contribution in [0.2, 0.25) is 0 Å². The van der Waals surface area contributed by atoms with Crippen LogP contribution in [0, 0.1) is 5.82 Å². The fourth-order valence-corrected chi connectivity index (χ4v) is 3.44. The molecular weight excluding hydrogens is 291 g/mol. The number of halogens is 1. The minimum atomic E-state index is -0.295. The number of nitrogens with two attached hydrogens (primary N) is 1. The first kappa shape index (κ1) is 15.8. The molecule has 0 amide bonds. The van der Waals surface area contributed by atoms with Gasteiger partial charge in [-0.3, -0.25) is 4.57 Å². The number of aromatic nitrogens is 3. The number of hydrogen-bond donors (Lipinski definition) is 2. The number of thioether (sulfide) groups is 1. The first-order valence-corrected chi connectivity index (χ1v) is 7.78. The summed E-state index contributed by atoms with van der Waals surface area (Å²) in [4.78, 5) is 11.6. The average Bonchev–Trinajstić information content (AvgIpc) is 2.85. The van der Waals surface area contributed by atoms with Gasteiger partial charge in [-0.05, 0) is 19.4 Å². The van der Waals surface area contributed by atoms with Crippen LogP contribution < -0.4 is 11.4 Å². The lowest BCUT2D eigenvalue weighted by atomic mass is 10.0. The molecule has 0 spiro atoms. The van der Waals surface area contributed by atoms with Gasteiger partial charge in [-0.1, -0.05) is 36.9 Å². The highest BCUT2D eigenvalue weighted by Crippen LogP contribution is 2.37. The Morgan fingerprint density at radius 3 is 2.76 bits per heavy atom. The summed E-state index contributed by atoms with van der Waals surface area (Å²) < 4.78 is 15.6. The first-order valence-electron chi connectivity index (χ1n) is 6.90. The maximum Gasteiger partial charge on any atom is 0.343 e. The Hall–Kier alpha value is -1.60. The molecule has 2 unspecified atom stereocenters. The number of benzene rings is 1. The van der Waals surface area contributed by atoms with Gasteiger partial charge < -0.3 is 5.73 Å². The summed E-state index contributed by atoms with van der Waals surface area (Å²) in [6.07, 6.45) is 0.701. The fraction of sp³-hybridized carbons (Fsp3) is 0.429. The molecule has 0 bridgehead atoms. The van der Waals surface area contributed by atoms with Crippen LogP contribution in [0.3, 0.4) is 0 Å². The highest BCUT2D eigenvalue weighted by Gasteiger charge is 2.25. The van der Waals surface area contributed by atoms with Crippen molar-refractivity contribution >= 4 is 11.8 Å². The summed E-state index contributed by atoms with van der Waals surface area (Å²) in [5.74, 6) is -0.292. The van der Waals surface area contributed by atoms with Crippen LogP contribution in [0.1, 0.15) is 31.1 Å². The van der Waals surface area contributed by atoms with Crippen molar-refractivity contribution in [3.05, 3.63) is 46.1 Å². The monoisotopic (exact) mass is 310 g/mol. The molecule has 0 aliphatic carbocycles. The first-order chi connectivity index (χ1) is 10.1. The summed E-state index contributed by atoms with van der Waals surface area (Å²) in [6.45, 7) is 4.32. The molecule has 2 atom stereocenters. The predicted octanol–water partition coefficient (Wildman–Crippen LogP) is 2.30. The van der Waals surface area contributed by atoms with E-state index in [0.29, 0.717) is 23.7 Å². The average molecular weight is 310 g/mol. The number of H-pyrrole nitrogens is 1. The molecule has 1 aromatic carbocycles. The Balaban J connectivity index is 2.38. The van der Waals surface area contributed by atoms with E-state index in [0.717, 1.165) is 0 Å². The molecule has 0 aliphatic rings. The number of aromatic amines is 1. The molecule has 1 aromatic heterocycles. The van der Waals surface area contributed by atoms with Crippen molar-refractivity contribution in [2.24, 2.45) is 5.73 Å². The largest absolute Gasteiger partial charge is 0.343 e. The van der Waals surface area contributed by atoms with Crippen LogP contribution in [0.4, 0.5) is 4.39 Å². The van der Waals surface area contributed by atoms with Crippen molar-refractivity contribution in [2.45, 2.75) is 43.3 Å². The normalized spacial score (nSPS) is 14.1. The molecule has 0 radical (unpaired) electrons. The SMILES string of the molecule is CCC(N)C(Sc1n[nH]c(=O)n1CC)c1ccccc1F. The lowest BCUT2D eigenvalue weighted by Crippen LogP contribution is -2.27. The van der Waals surface area contributed by atoms with Crippen molar-refractivity contribution in [1.82, 2.24) is 14.8 Å². The zero-order chi connectivity index (χ0) is 15.4. The van der Waals surface area contributed by atoms with Crippen molar-refractivity contribution in [1.29, 1.82) is 0 Å². The van der Waals surface area contributed by atoms with Gasteiger partial charge in [0.1, 0.15) is 5.82 Å². The minimum Gasteiger partial charge on any atom is -0.326 e. The quantitative estimate of drug-likeness (QED) is 0.803. The molecule has 0 fully saturated rings. The van der Waals surface area contributed by atoms with E-state index < -0.39 is 0 Å². The molecule has 2 aromatic rings. The van der Waals surface area contributed by atoms with Gasteiger partial charge in [0.05, 0.1) is 5.25 Å². The maximum atomic E-state index is 14.1. The summed E-state index contributed by atoms with van der Waals surface area (Å²) in [7, 11) is 0. The van der Waals surface area contributed by atoms with Crippen LogP contribution in [0.25, 0.3) is 0 Å². The van der Waals surface area contributed by atoms with Gasteiger partial charge >= 0.3 is 5.69 Å². The smallest absolute Gasteiger partial charge is 0.326 e. The summed E-state index contributed by atoms with van der Waals surface area (Å²) in [5.41, 5.74) is 6.42. The third kappa shape index (κ3) is 3.36. The molecule has 2 rings (SSSR count).